The van der Waals surface area contributed by atoms with Gasteiger partial charge in [-0.05, 0) is 30.3 Å². The molecule has 0 saturated carbocycles. The van der Waals surface area contributed by atoms with E-state index in [1.54, 1.807) is 18.2 Å². The van der Waals surface area contributed by atoms with Crippen molar-refractivity contribution in [1.82, 2.24) is 10.1 Å². The van der Waals surface area contributed by atoms with E-state index >= 15 is 0 Å². The summed E-state index contributed by atoms with van der Waals surface area (Å²) in [6.07, 6.45) is 2.48. The summed E-state index contributed by atoms with van der Waals surface area (Å²) in [5, 5.41) is 4.12. The standard InChI is InChI=1S/C12H11N5O3S/c13-16-12-4-1-8-5-10(2-3-11(8)15-12)21(18,19)17-9-6-14-20-7-9/h1-7,17H,13H2,(H,15,16). The third-order valence-corrected chi connectivity index (χ3v) is 4.18. The van der Waals surface area contributed by atoms with E-state index in [-0.39, 0.29) is 10.6 Å². The number of nitrogens with one attached hydrogen (secondary N) is 2. The lowest BCUT2D eigenvalue weighted by Gasteiger charge is -2.07. The first-order valence-electron chi connectivity index (χ1n) is 5.88. The molecule has 2 heterocycles. The zero-order chi connectivity index (χ0) is 14.9. The molecule has 0 spiro atoms. The molecule has 0 amide bonds. The predicted molar refractivity (Wildman–Crippen MR) is 76.9 cm³/mol. The number of fused-ring (bicyclic) bond motifs is 1. The highest BCUT2D eigenvalue weighted by Gasteiger charge is 2.15. The number of nitrogens with zero attached hydrogens (tertiary/aromatic N) is 2. The minimum Gasteiger partial charge on any atom is -0.362 e. The zero-order valence-corrected chi connectivity index (χ0v) is 11.5. The van der Waals surface area contributed by atoms with E-state index in [1.807, 2.05) is 0 Å². The maximum absolute atomic E-state index is 12.2. The lowest BCUT2D eigenvalue weighted by Crippen LogP contribution is -2.12. The van der Waals surface area contributed by atoms with Crippen LogP contribution in [0.15, 0.2) is 52.2 Å². The number of benzene rings is 1. The van der Waals surface area contributed by atoms with Gasteiger partial charge in [0.05, 0.1) is 16.6 Å². The number of hydrogen-bond acceptors (Lipinski definition) is 7. The molecule has 0 aliphatic heterocycles. The fourth-order valence-electron chi connectivity index (χ4n) is 1.82. The van der Waals surface area contributed by atoms with Crippen molar-refractivity contribution in [3.63, 3.8) is 0 Å². The maximum Gasteiger partial charge on any atom is 0.262 e. The molecule has 3 rings (SSSR count). The van der Waals surface area contributed by atoms with Gasteiger partial charge in [-0.25, -0.2) is 19.2 Å². The first kappa shape index (κ1) is 13.3. The Labute approximate surface area is 120 Å². The van der Waals surface area contributed by atoms with Gasteiger partial charge in [0.2, 0.25) is 0 Å². The highest BCUT2D eigenvalue weighted by atomic mass is 32.2. The van der Waals surface area contributed by atoms with Gasteiger partial charge in [0, 0.05) is 5.39 Å². The summed E-state index contributed by atoms with van der Waals surface area (Å²) in [5.74, 6) is 5.78. The van der Waals surface area contributed by atoms with Crippen LogP contribution in [0.2, 0.25) is 0 Å². The molecule has 0 radical (unpaired) electrons. The first-order chi connectivity index (χ1) is 10.1. The number of aromatic nitrogens is 2. The van der Waals surface area contributed by atoms with Crippen LogP contribution < -0.4 is 16.0 Å². The highest BCUT2D eigenvalue weighted by Crippen LogP contribution is 2.21. The van der Waals surface area contributed by atoms with Crippen molar-refractivity contribution >= 4 is 32.4 Å². The topological polar surface area (TPSA) is 123 Å². The number of nitrogen functional groups attached to an aromatic ring is 1. The summed E-state index contributed by atoms with van der Waals surface area (Å²) in [5.41, 5.74) is 3.33. The Morgan fingerprint density at radius 1 is 1.19 bits per heavy atom. The molecule has 4 N–H and O–H groups in total. The van der Waals surface area contributed by atoms with Crippen molar-refractivity contribution in [2.75, 3.05) is 10.1 Å². The van der Waals surface area contributed by atoms with E-state index in [4.69, 9.17) is 5.84 Å². The predicted octanol–water partition coefficient (Wildman–Crippen LogP) is 1.31. The summed E-state index contributed by atoms with van der Waals surface area (Å²) in [7, 11) is -3.71. The Bertz CT molecular complexity index is 877. The van der Waals surface area contributed by atoms with E-state index in [1.165, 1.54) is 24.6 Å². The summed E-state index contributed by atoms with van der Waals surface area (Å²) in [6.45, 7) is 0. The number of rotatable bonds is 4. The van der Waals surface area contributed by atoms with Crippen LogP contribution in [0.25, 0.3) is 10.9 Å². The number of anilines is 2. The van der Waals surface area contributed by atoms with E-state index in [2.05, 4.69) is 24.8 Å². The smallest absolute Gasteiger partial charge is 0.262 e. The van der Waals surface area contributed by atoms with Gasteiger partial charge < -0.3 is 9.95 Å². The number of pyridine rings is 1. The Balaban J connectivity index is 2.00. The quantitative estimate of drug-likeness (QED) is 0.490. The average molecular weight is 305 g/mol. The lowest BCUT2D eigenvalue weighted by atomic mass is 10.2. The van der Waals surface area contributed by atoms with Crippen molar-refractivity contribution in [3.05, 3.63) is 42.8 Å². The SMILES string of the molecule is NNc1ccc2cc(S(=O)(=O)Nc3cnoc3)ccc2n1. The molecule has 0 saturated heterocycles. The molecule has 2 aromatic heterocycles. The molecular weight excluding hydrogens is 294 g/mol. The van der Waals surface area contributed by atoms with Crippen LogP contribution in [-0.2, 0) is 10.0 Å². The van der Waals surface area contributed by atoms with Crippen LogP contribution in [0, 0.1) is 0 Å². The molecule has 1 aromatic carbocycles. The molecule has 9 heteroatoms. The minimum absolute atomic E-state index is 0.117. The van der Waals surface area contributed by atoms with Gasteiger partial charge >= 0.3 is 0 Å². The second kappa shape index (κ2) is 5.04. The Kier molecular flexibility index (Phi) is 3.20. The molecule has 3 aromatic rings. The van der Waals surface area contributed by atoms with Crippen molar-refractivity contribution in [1.29, 1.82) is 0 Å². The van der Waals surface area contributed by atoms with E-state index in [0.717, 1.165) is 0 Å². The lowest BCUT2D eigenvalue weighted by molar-refractivity contribution is 0.420. The van der Waals surface area contributed by atoms with Crippen molar-refractivity contribution in [2.24, 2.45) is 5.84 Å². The average Bonchev–Trinajstić information content (AvgIpc) is 2.98. The third kappa shape index (κ3) is 2.64. The van der Waals surface area contributed by atoms with E-state index < -0.39 is 10.0 Å². The minimum atomic E-state index is -3.71. The Hall–Kier alpha value is -2.65. The van der Waals surface area contributed by atoms with Crippen LogP contribution in [-0.4, -0.2) is 18.6 Å². The molecule has 108 valence electrons. The molecule has 0 atom stereocenters. The van der Waals surface area contributed by atoms with Crippen molar-refractivity contribution in [3.8, 4) is 0 Å². The molecule has 0 bridgehead atoms. The normalized spacial score (nSPS) is 11.5. The second-order valence-electron chi connectivity index (χ2n) is 4.21. The molecule has 0 aliphatic rings. The Morgan fingerprint density at radius 3 is 2.76 bits per heavy atom. The summed E-state index contributed by atoms with van der Waals surface area (Å²) in [6, 6.07) is 7.99. The second-order valence-corrected chi connectivity index (χ2v) is 5.90. The molecule has 8 nitrogen and oxygen atoms in total. The first-order valence-corrected chi connectivity index (χ1v) is 7.36. The molecule has 0 aliphatic carbocycles. The van der Waals surface area contributed by atoms with Crippen molar-refractivity contribution < 1.29 is 12.9 Å². The zero-order valence-electron chi connectivity index (χ0n) is 10.6. The maximum atomic E-state index is 12.2. The Morgan fingerprint density at radius 2 is 2.05 bits per heavy atom. The van der Waals surface area contributed by atoms with Crippen LogP contribution in [0.1, 0.15) is 0 Å². The number of sulfonamides is 1. The summed E-state index contributed by atoms with van der Waals surface area (Å²) in [4.78, 5) is 4.33. The summed E-state index contributed by atoms with van der Waals surface area (Å²) >= 11 is 0. The largest absolute Gasteiger partial charge is 0.362 e. The molecule has 0 fully saturated rings. The highest BCUT2D eigenvalue weighted by molar-refractivity contribution is 7.92. The van der Waals surface area contributed by atoms with Crippen LogP contribution in [0.5, 0.6) is 0 Å². The summed E-state index contributed by atoms with van der Waals surface area (Å²) < 4.78 is 31.4. The number of nitrogens with two attached hydrogens (primary N) is 1. The van der Waals surface area contributed by atoms with Crippen LogP contribution in [0.3, 0.4) is 0 Å². The molecule has 21 heavy (non-hydrogen) atoms. The number of hydrazine groups is 1. The van der Waals surface area contributed by atoms with Crippen molar-refractivity contribution in [2.45, 2.75) is 4.90 Å². The van der Waals surface area contributed by atoms with Gasteiger partial charge in [0.15, 0.2) is 0 Å². The monoisotopic (exact) mass is 305 g/mol. The number of hydrogen-bond donors (Lipinski definition) is 3. The third-order valence-electron chi connectivity index (χ3n) is 2.80. The fourth-order valence-corrected chi connectivity index (χ4v) is 2.88. The molecule has 0 unspecified atom stereocenters. The van der Waals surface area contributed by atoms with Gasteiger partial charge in [-0.1, -0.05) is 5.16 Å². The van der Waals surface area contributed by atoms with Gasteiger partial charge in [-0.15, -0.1) is 0 Å². The van der Waals surface area contributed by atoms with Crippen LogP contribution in [0.4, 0.5) is 11.5 Å². The fraction of sp³-hybridized carbons (Fsp3) is 0. The van der Waals surface area contributed by atoms with Gasteiger partial charge in [-0.2, -0.15) is 0 Å². The van der Waals surface area contributed by atoms with E-state index in [9.17, 15) is 8.42 Å². The van der Waals surface area contributed by atoms with Gasteiger partial charge in [-0.3, -0.25) is 4.72 Å². The molecular formula is C12H11N5O3S. The van der Waals surface area contributed by atoms with E-state index in [0.29, 0.717) is 16.7 Å². The van der Waals surface area contributed by atoms with Gasteiger partial charge in [0.1, 0.15) is 17.8 Å². The van der Waals surface area contributed by atoms with Gasteiger partial charge in [0.25, 0.3) is 10.0 Å². The van der Waals surface area contributed by atoms with Crippen LogP contribution >= 0.6 is 0 Å².